The molecule has 0 aliphatic heterocycles. The number of aromatic nitrogens is 3. The van der Waals surface area contributed by atoms with Crippen LogP contribution in [0.25, 0.3) is 0 Å². The van der Waals surface area contributed by atoms with Crippen LogP contribution in [0.3, 0.4) is 0 Å². The van der Waals surface area contributed by atoms with Crippen molar-refractivity contribution in [1.82, 2.24) is 14.8 Å². The van der Waals surface area contributed by atoms with Gasteiger partial charge in [0.05, 0.1) is 5.75 Å². The number of aliphatic hydroxyl groups excluding tert-OH is 1. The van der Waals surface area contributed by atoms with Gasteiger partial charge >= 0.3 is 5.97 Å². The summed E-state index contributed by atoms with van der Waals surface area (Å²) in [6, 6.07) is 0. The van der Waals surface area contributed by atoms with Crippen molar-refractivity contribution in [3.05, 3.63) is 5.82 Å². The van der Waals surface area contributed by atoms with Gasteiger partial charge in [0, 0.05) is 19.6 Å². The Labute approximate surface area is 117 Å². The van der Waals surface area contributed by atoms with Crippen LogP contribution in [-0.4, -0.2) is 43.3 Å². The summed E-state index contributed by atoms with van der Waals surface area (Å²) in [7, 11) is 0. The minimum atomic E-state index is -0.856. The lowest BCUT2D eigenvalue weighted by Gasteiger charge is -2.11. The van der Waals surface area contributed by atoms with Crippen LogP contribution in [0.5, 0.6) is 0 Å². The van der Waals surface area contributed by atoms with E-state index in [0.29, 0.717) is 11.1 Å². The van der Waals surface area contributed by atoms with E-state index in [-0.39, 0.29) is 12.4 Å². The Morgan fingerprint density at radius 1 is 1.37 bits per heavy atom. The summed E-state index contributed by atoms with van der Waals surface area (Å²) in [6.07, 6.45) is 2.36. The van der Waals surface area contributed by atoms with Crippen LogP contribution in [0.15, 0.2) is 5.16 Å². The van der Waals surface area contributed by atoms with Crippen molar-refractivity contribution in [2.24, 2.45) is 5.92 Å². The van der Waals surface area contributed by atoms with Crippen molar-refractivity contribution in [2.45, 2.75) is 44.8 Å². The zero-order valence-corrected chi connectivity index (χ0v) is 12.2. The molecule has 0 spiro atoms. The molecule has 0 aromatic carbocycles. The second kappa shape index (κ2) is 8.16. The highest BCUT2D eigenvalue weighted by molar-refractivity contribution is 7.99. The van der Waals surface area contributed by atoms with Gasteiger partial charge in [0.25, 0.3) is 0 Å². The van der Waals surface area contributed by atoms with Crippen LogP contribution in [0.2, 0.25) is 0 Å². The fourth-order valence-corrected chi connectivity index (χ4v) is 2.37. The molecule has 1 heterocycles. The predicted octanol–water partition coefficient (Wildman–Crippen LogP) is 1.43. The molecule has 0 amide bonds. The first kappa shape index (κ1) is 16.0. The molecule has 0 radical (unpaired) electrons. The molecule has 0 saturated heterocycles. The van der Waals surface area contributed by atoms with E-state index < -0.39 is 5.97 Å². The highest BCUT2D eigenvalue weighted by atomic mass is 32.2. The van der Waals surface area contributed by atoms with E-state index in [4.69, 9.17) is 10.2 Å². The molecule has 19 heavy (non-hydrogen) atoms. The third kappa shape index (κ3) is 5.61. The average Bonchev–Trinajstić information content (AvgIpc) is 2.69. The van der Waals surface area contributed by atoms with Gasteiger partial charge in [-0.15, -0.1) is 10.2 Å². The van der Waals surface area contributed by atoms with Gasteiger partial charge in [-0.25, -0.2) is 0 Å². The first-order valence-corrected chi connectivity index (χ1v) is 7.40. The standard InChI is InChI=1S/C12H21N3O3S/c1-9(2)7-15-10(5-3-4-6-16)13-14-12(15)19-8-11(17)18/h9,16H,3-8H2,1-2H3,(H,17,18). The van der Waals surface area contributed by atoms with Crippen LogP contribution < -0.4 is 0 Å². The van der Waals surface area contributed by atoms with E-state index in [1.54, 1.807) is 0 Å². The lowest BCUT2D eigenvalue weighted by Crippen LogP contribution is -2.11. The van der Waals surface area contributed by atoms with Gasteiger partial charge in [-0.2, -0.15) is 0 Å². The molecule has 6 nitrogen and oxygen atoms in total. The van der Waals surface area contributed by atoms with Gasteiger partial charge in [0.2, 0.25) is 0 Å². The first-order chi connectivity index (χ1) is 9.04. The number of carboxylic acid groups (broad SMARTS) is 1. The van der Waals surface area contributed by atoms with Crippen molar-refractivity contribution in [3.63, 3.8) is 0 Å². The van der Waals surface area contributed by atoms with E-state index in [2.05, 4.69) is 24.0 Å². The number of aliphatic carboxylic acids is 1. The van der Waals surface area contributed by atoms with Gasteiger partial charge in [-0.1, -0.05) is 25.6 Å². The quantitative estimate of drug-likeness (QED) is 0.527. The molecule has 7 heteroatoms. The Morgan fingerprint density at radius 2 is 2.11 bits per heavy atom. The number of hydrogen-bond acceptors (Lipinski definition) is 5. The molecular weight excluding hydrogens is 266 g/mol. The number of carbonyl (C=O) groups is 1. The monoisotopic (exact) mass is 287 g/mol. The zero-order chi connectivity index (χ0) is 14.3. The largest absolute Gasteiger partial charge is 0.481 e. The van der Waals surface area contributed by atoms with Crippen LogP contribution in [0.1, 0.15) is 32.5 Å². The third-order valence-electron chi connectivity index (χ3n) is 2.47. The summed E-state index contributed by atoms with van der Waals surface area (Å²) in [5, 5.41) is 26.4. The third-order valence-corrected chi connectivity index (χ3v) is 3.43. The SMILES string of the molecule is CC(C)Cn1c(CCCCO)nnc1SCC(=O)O. The van der Waals surface area contributed by atoms with Crippen LogP contribution in [0.4, 0.5) is 0 Å². The summed E-state index contributed by atoms with van der Waals surface area (Å²) in [5.74, 6) is 0.449. The van der Waals surface area contributed by atoms with Gasteiger partial charge in [-0.3, -0.25) is 4.79 Å². The number of unbranched alkanes of at least 4 members (excludes halogenated alkanes) is 1. The second-order valence-electron chi connectivity index (χ2n) is 4.77. The molecule has 0 unspecified atom stereocenters. The molecule has 108 valence electrons. The van der Waals surface area contributed by atoms with E-state index in [1.807, 2.05) is 4.57 Å². The smallest absolute Gasteiger partial charge is 0.313 e. The number of rotatable bonds is 9. The Balaban J connectivity index is 2.75. The molecular formula is C12H21N3O3S. The Hall–Kier alpha value is -1.08. The van der Waals surface area contributed by atoms with Gasteiger partial charge in [0.1, 0.15) is 5.82 Å². The van der Waals surface area contributed by atoms with Crippen molar-refractivity contribution >= 4 is 17.7 Å². The average molecular weight is 287 g/mol. The maximum Gasteiger partial charge on any atom is 0.313 e. The minimum absolute atomic E-state index is 0.00707. The van der Waals surface area contributed by atoms with E-state index in [0.717, 1.165) is 31.6 Å². The molecule has 0 aliphatic carbocycles. The molecule has 2 N–H and O–H groups in total. The Morgan fingerprint density at radius 3 is 2.68 bits per heavy atom. The number of thioether (sulfide) groups is 1. The van der Waals surface area contributed by atoms with Crippen LogP contribution in [0, 0.1) is 5.92 Å². The summed E-state index contributed by atoms with van der Waals surface area (Å²) in [6.45, 7) is 5.16. The van der Waals surface area contributed by atoms with Crippen LogP contribution >= 0.6 is 11.8 Å². The topological polar surface area (TPSA) is 88.2 Å². The predicted molar refractivity (Wildman–Crippen MR) is 73.2 cm³/mol. The summed E-state index contributed by atoms with van der Waals surface area (Å²) in [5.41, 5.74) is 0. The highest BCUT2D eigenvalue weighted by Gasteiger charge is 2.14. The van der Waals surface area contributed by atoms with Gasteiger partial charge < -0.3 is 14.8 Å². The Bertz CT molecular complexity index is 407. The number of hydrogen-bond donors (Lipinski definition) is 2. The molecule has 0 bridgehead atoms. The summed E-state index contributed by atoms with van der Waals surface area (Å²) >= 11 is 1.20. The van der Waals surface area contributed by atoms with E-state index in [9.17, 15) is 4.79 Å². The van der Waals surface area contributed by atoms with Crippen molar-refractivity contribution < 1.29 is 15.0 Å². The lowest BCUT2D eigenvalue weighted by molar-refractivity contribution is -0.133. The minimum Gasteiger partial charge on any atom is -0.481 e. The number of nitrogens with zero attached hydrogens (tertiary/aromatic N) is 3. The van der Waals surface area contributed by atoms with Crippen molar-refractivity contribution in [1.29, 1.82) is 0 Å². The molecule has 0 saturated carbocycles. The van der Waals surface area contributed by atoms with Gasteiger partial charge in [0.15, 0.2) is 5.16 Å². The molecule has 1 rings (SSSR count). The Kier molecular flexibility index (Phi) is 6.86. The number of aryl methyl sites for hydroxylation is 1. The van der Waals surface area contributed by atoms with E-state index in [1.165, 1.54) is 11.8 Å². The first-order valence-electron chi connectivity index (χ1n) is 6.42. The van der Waals surface area contributed by atoms with Crippen molar-refractivity contribution in [2.75, 3.05) is 12.4 Å². The molecule has 0 atom stereocenters. The summed E-state index contributed by atoms with van der Waals surface area (Å²) < 4.78 is 2.00. The lowest BCUT2D eigenvalue weighted by atomic mass is 10.2. The number of aliphatic hydroxyl groups is 1. The molecule has 1 aromatic heterocycles. The van der Waals surface area contributed by atoms with Gasteiger partial charge in [-0.05, 0) is 18.8 Å². The molecule has 1 aromatic rings. The maximum atomic E-state index is 10.6. The fraction of sp³-hybridized carbons (Fsp3) is 0.750. The zero-order valence-electron chi connectivity index (χ0n) is 11.4. The van der Waals surface area contributed by atoms with E-state index >= 15 is 0 Å². The number of carboxylic acids is 1. The highest BCUT2D eigenvalue weighted by Crippen LogP contribution is 2.19. The van der Waals surface area contributed by atoms with Crippen LogP contribution in [-0.2, 0) is 17.8 Å². The second-order valence-corrected chi connectivity index (χ2v) is 5.71. The normalized spacial score (nSPS) is 11.2. The molecule has 0 fully saturated rings. The summed E-state index contributed by atoms with van der Waals surface area (Å²) in [4.78, 5) is 10.6. The molecule has 0 aliphatic rings. The fourth-order valence-electron chi connectivity index (χ4n) is 1.68. The van der Waals surface area contributed by atoms with Crippen molar-refractivity contribution in [3.8, 4) is 0 Å². The maximum absolute atomic E-state index is 10.6.